The van der Waals surface area contributed by atoms with Crippen LogP contribution in [0.25, 0.3) is 0 Å². The fourth-order valence-corrected chi connectivity index (χ4v) is 3.97. The Morgan fingerprint density at radius 2 is 1.96 bits per heavy atom. The molecule has 1 aromatic rings. The molecule has 0 aliphatic carbocycles. The summed E-state index contributed by atoms with van der Waals surface area (Å²) in [5.74, 6) is 1.11. The molecule has 0 amide bonds. The minimum absolute atomic E-state index is 0.318. The average molecular weight is 344 g/mol. The zero-order valence-electron chi connectivity index (χ0n) is 14.7. The van der Waals surface area contributed by atoms with E-state index in [-0.39, 0.29) is 0 Å². The van der Waals surface area contributed by atoms with Gasteiger partial charge in [-0.3, -0.25) is 0 Å². The summed E-state index contributed by atoms with van der Waals surface area (Å²) in [4.78, 5) is 0. The van der Waals surface area contributed by atoms with Gasteiger partial charge >= 0.3 is 0 Å². The first-order valence-corrected chi connectivity index (χ1v) is 9.87. The van der Waals surface area contributed by atoms with Crippen LogP contribution in [-0.4, -0.2) is 55.0 Å². The molecule has 0 spiro atoms. The van der Waals surface area contributed by atoms with E-state index in [4.69, 9.17) is 4.74 Å². The van der Waals surface area contributed by atoms with Crippen molar-refractivity contribution in [2.45, 2.75) is 45.2 Å². The first kappa shape index (κ1) is 18.2. The van der Waals surface area contributed by atoms with Crippen molar-refractivity contribution in [1.82, 2.24) is 19.4 Å². The Hall–Kier alpha value is -1.12. The summed E-state index contributed by atoms with van der Waals surface area (Å²) in [6.45, 7) is 6.09. The van der Waals surface area contributed by atoms with Crippen LogP contribution in [0.1, 0.15) is 43.9 Å². The summed E-state index contributed by atoms with van der Waals surface area (Å²) in [5, 5.41) is 8.09. The van der Waals surface area contributed by atoms with Crippen molar-refractivity contribution in [3.63, 3.8) is 0 Å². The highest BCUT2D eigenvalue weighted by Gasteiger charge is 2.26. The highest BCUT2D eigenvalue weighted by atomic mass is 32.2. The number of methoxy groups -OCH3 is 1. The fraction of sp³-hybridized carbons (Fsp3) is 0.800. The van der Waals surface area contributed by atoms with E-state index in [0.29, 0.717) is 31.6 Å². The van der Waals surface area contributed by atoms with Crippen molar-refractivity contribution in [2.24, 2.45) is 7.05 Å². The first-order chi connectivity index (χ1) is 10.7. The van der Waals surface area contributed by atoms with Crippen LogP contribution >= 0.6 is 0 Å². The summed E-state index contributed by atoms with van der Waals surface area (Å²) < 4.78 is 31.9. The maximum atomic E-state index is 11.6. The Kier molecular flexibility index (Phi) is 5.70. The van der Waals surface area contributed by atoms with E-state index in [1.807, 2.05) is 7.05 Å². The number of aromatic nitrogens is 2. The molecule has 7 nitrogen and oxygen atoms in total. The van der Waals surface area contributed by atoms with E-state index in [9.17, 15) is 8.42 Å². The molecule has 1 fully saturated rings. The molecule has 1 saturated heterocycles. The third-order valence-corrected chi connectivity index (χ3v) is 5.65. The highest BCUT2D eigenvalue weighted by molar-refractivity contribution is 7.88. The van der Waals surface area contributed by atoms with Crippen LogP contribution < -0.4 is 10.1 Å². The predicted octanol–water partition coefficient (Wildman–Crippen LogP) is 1.07. The van der Waals surface area contributed by atoms with Crippen LogP contribution in [0.4, 0.5) is 0 Å². The lowest BCUT2D eigenvalue weighted by atomic mass is 10.0. The van der Waals surface area contributed by atoms with Gasteiger partial charge in [-0.05, 0) is 18.8 Å². The third kappa shape index (κ3) is 4.24. The van der Waals surface area contributed by atoms with Crippen molar-refractivity contribution in [3.8, 4) is 5.88 Å². The second-order valence-corrected chi connectivity index (χ2v) is 8.45. The maximum absolute atomic E-state index is 11.6. The molecule has 1 aromatic heterocycles. The molecule has 1 aliphatic heterocycles. The van der Waals surface area contributed by atoms with E-state index in [0.717, 1.165) is 30.0 Å². The molecule has 0 saturated carbocycles. The SMILES string of the molecule is COc1c(CNC2CCN(S(C)(=O)=O)CC2)c(C(C)C)nn1C. The van der Waals surface area contributed by atoms with E-state index in [1.165, 1.54) is 6.26 Å². The Bertz CT molecular complexity index is 631. The summed E-state index contributed by atoms with van der Waals surface area (Å²) in [6.07, 6.45) is 2.93. The van der Waals surface area contributed by atoms with Crippen LogP contribution in [0.2, 0.25) is 0 Å². The van der Waals surface area contributed by atoms with Crippen LogP contribution in [0.3, 0.4) is 0 Å². The van der Waals surface area contributed by atoms with Crippen molar-refractivity contribution >= 4 is 10.0 Å². The van der Waals surface area contributed by atoms with Crippen LogP contribution in [0.5, 0.6) is 5.88 Å². The van der Waals surface area contributed by atoms with E-state index in [2.05, 4.69) is 24.3 Å². The lowest BCUT2D eigenvalue weighted by Crippen LogP contribution is -2.44. The van der Waals surface area contributed by atoms with Gasteiger partial charge in [0, 0.05) is 32.7 Å². The minimum Gasteiger partial charge on any atom is -0.481 e. The predicted molar refractivity (Wildman–Crippen MR) is 90.1 cm³/mol. The summed E-state index contributed by atoms with van der Waals surface area (Å²) >= 11 is 0. The van der Waals surface area contributed by atoms with Gasteiger partial charge < -0.3 is 10.1 Å². The van der Waals surface area contributed by atoms with Gasteiger partial charge in [-0.2, -0.15) is 5.10 Å². The first-order valence-electron chi connectivity index (χ1n) is 8.02. The van der Waals surface area contributed by atoms with E-state index >= 15 is 0 Å². The molecule has 1 N–H and O–H groups in total. The van der Waals surface area contributed by atoms with Gasteiger partial charge in [0.1, 0.15) is 0 Å². The number of hydrogen-bond donors (Lipinski definition) is 1. The topological polar surface area (TPSA) is 76.5 Å². The van der Waals surface area contributed by atoms with Gasteiger partial charge in [0.2, 0.25) is 15.9 Å². The van der Waals surface area contributed by atoms with Crippen molar-refractivity contribution in [2.75, 3.05) is 26.5 Å². The van der Waals surface area contributed by atoms with Crippen LogP contribution in [0.15, 0.2) is 0 Å². The molecular formula is C15H28N4O3S. The number of nitrogens with one attached hydrogen (secondary N) is 1. The van der Waals surface area contributed by atoms with Crippen LogP contribution in [-0.2, 0) is 23.6 Å². The number of piperidine rings is 1. The van der Waals surface area contributed by atoms with Crippen LogP contribution in [0, 0.1) is 0 Å². The number of hydrogen-bond acceptors (Lipinski definition) is 5. The number of aryl methyl sites for hydroxylation is 1. The molecule has 0 radical (unpaired) electrons. The molecule has 0 aromatic carbocycles. The normalized spacial score (nSPS) is 17.8. The fourth-order valence-electron chi connectivity index (χ4n) is 3.10. The molecule has 2 heterocycles. The molecule has 0 atom stereocenters. The molecule has 2 rings (SSSR count). The van der Waals surface area contributed by atoms with Gasteiger partial charge in [0.25, 0.3) is 0 Å². The molecule has 23 heavy (non-hydrogen) atoms. The van der Waals surface area contributed by atoms with Gasteiger partial charge in [-0.1, -0.05) is 13.8 Å². The number of nitrogens with zero attached hydrogens (tertiary/aromatic N) is 3. The molecule has 0 unspecified atom stereocenters. The Labute approximate surface area is 139 Å². The summed E-state index contributed by atoms with van der Waals surface area (Å²) in [6, 6.07) is 0.318. The quantitative estimate of drug-likeness (QED) is 0.835. The number of sulfonamides is 1. The van der Waals surface area contributed by atoms with Gasteiger partial charge in [0.05, 0.1) is 24.6 Å². The number of rotatable bonds is 6. The minimum atomic E-state index is -3.07. The lowest BCUT2D eigenvalue weighted by molar-refractivity contribution is 0.288. The standard InChI is InChI=1S/C15H28N4O3S/c1-11(2)14-13(15(22-4)18(3)17-14)10-16-12-6-8-19(9-7-12)23(5,20)21/h11-12,16H,6-10H2,1-5H3. The smallest absolute Gasteiger partial charge is 0.216 e. The zero-order chi connectivity index (χ0) is 17.2. The van der Waals surface area contributed by atoms with Gasteiger partial charge in [0.15, 0.2) is 0 Å². The third-order valence-electron chi connectivity index (χ3n) is 4.35. The zero-order valence-corrected chi connectivity index (χ0v) is 15.5. The van der Waals surface area contributed by atoms with Crippen molar-refractivity contribution < 1.29 is 13.2 Å². The van der Waals surface area contributed by atoms with E-state index in [1.54, 1.807) is 16.1 Å². The maximum Gasteiger partial charge on any atom is 0.216 e. The molecule has 0 bridgehead atoms. The Morgan fingerprint density at radius 3 is 2.43 bits per heavy atom. The Balaban J connectivity index is 2.00. The lowest BCUT2D eigenvalue weighted by Gasteiger charge is -2.30. The van der Waals surface area contributed by atoms with Gasteiger partial charge in [-0.25, -0.2) is 17.4 Å². The number of ether oxygens (including phenoxy) is 1. The molecular weight excluding hydrogens is 316 g/mol. The monoisotopic (exact) mass is 344 g/mol. The van der Waals surface area contributed by atoms with Gasteiger partial charge in [-0.15, -0.1) is 0 Å². The highest BCUT2D eigenvalue weighted by Crippen LogP contribution is 2.27. The molecule has 8 heteroatoms. The Morgan fingerprint density at radius 1 is 1.35 bits per heavy atom. The summed E-state index contributed by atoms with van der Waals surface area (Å²) in [7, 11) is 0.480. The molecule has 132 valence electrons. The van der Waals surface area contributed by atoms with E-state index < -0.39 is 10.0 Å². The second kappa shape index (κ2) is 7.19. The summed E-state index contributed by atoms with van der Waals surface area (Å²) in [5.41, 5.74) is 2.14. The average Bonchev–Trinajstić information content (AvgIpc) is 2.80. The largest absolute Gasteiger partial charge is 0.481 e. The van der Waals surface area contributed by atoms with Crippen molar-refractivity contribution in [3.05, 3.63) is 11.3 Å². The second-order valence-electron chi connectivity index (χ2n) is 6.47. The molecule has 1 aliphatic rings. The van der Waals surface area contributed by atoms with Crippen molar-refractivity contribution in [1.29, 1.82) is 0 Å².